The Morgan fingerprint density at radius 3 is 2.03 bits per heavy atom. The van der Waals surface area contributed by atoms with Gasteiger partial charge in [-0.3, -0.25) is 4.18 Å². The molecule has 1 unspecified atom stereocenters. The molecule has 0 saturated heterocycles. The molecular weight excluding hydrogens is 422 g/mol. The van der Waals surface area contributed by atoms with Crippen molar-refractivity contribution in [1.82, 2.24) is 0 Å². The zero-order valence-corrected chi connectivity index (χ0v) is 20.0. The lowest BCUT2D eigenvalue weighted by Crippen LogP contribution is -2.30. The predicted octanol–water partition coefficient (Wildman–Crippen LogP) is 4.82. The molecule has 0 aromatic heterocycles. The van der Waals surface area contributed by atoms with E-state index < -0.39 is 26.7 Å². The zero-order valence-electron chi connectivity index (χ0n) is 18.4. The van der Waals surface area contributed by atoms with Crippen LogP contribution in [0.4, 0.5) is 5.69 Å². The summed E-state index contributed by atoms with van der Waals surface area (Å²) in [5.41, 5.74) is 1.08. The van der Waals surface area contributed by atoms with Gasteiger partial charge < -0.3 is 9.46 Å². The van der Waals surface area contributed by atoms with Gasteiger partial charge in [-0.15, -0.1) is 0 Å². The minimum Gasteiger partial charge on any atom is -0.488 e. The van der Waals surface area contributed by atoms with Crippen LogP contribution in [-0.2, 0) is 25.3 Å². The topological polar surface area (TPSA) is 81.7 Å². The molecule has 2 aromatic carbocycles. The summed E-state index contributed by atoms with van der Waals surface area (Å²) in [5.74, 6) is 0.633. The van der Waals surface area contributed by atoms with E-state index in [1.54, 1.807) is 36.4 Å². The molecule has 0 aliphatic carbocycles. The summed E-state index contributed by atoms with van der Waals surface area (Å²) in [6.07, 6.45) is 0.381. The fraction of sp³-hybridized carbons (Fsp3) is 0.455. The molecule has 2 aromatic rings. The van der Waals surface area contributed by atoms with Gasteiger partial charge in [-0.05, 0) is 77.9 Å². The first kappa shape index (κ1) is 24.4. The molecule has 0 spiro atoms. The van der Waals surface area contributed by atoms with Crippen LogP contribution in [0.15, 0.2) is 53.4 Å². The Balaban J connectivity index is 1.90. The van der Waals surface area contributed by atoms with Gasteiger partial charge in [0.05, 0.1) is 16.2 Å². The molecule has 30 heavy (non-hydrogen) atoms. The average Bonchev–Trinajstić information content (AvgIpc) is 2.62. The monoisotopic (exact) mass is 453 g/mol. The molecule has 8 heteroatoms. The summed E-state index contributed by atoms with van der Waals surface area (Å²) >= 11 is 0. The molecule has 0 radical (unpaired) electrons. The molecule has 1 atom stereocenters. The first-order chi connectivity index (χ1) is 13.8. The molecule has 0 aliphatic heterocycles. The van der Waals surface area contributed by atoms with E-state index in [9.17, 15) is 12.6 Å². The van der Waals surface area contributed by atoms with Crippen LogP contribution in [0.2, 0.25) is 0 Å². The Morgan fingerprint density at radius 2 is 1.50 bits per heavy atom. The number of aryl methyl sites for hydroxylation is 1. The molecule has 1 N–H and O–H groups in total. The first-order valence-corrected chi connectivity index (χ1v) is 12.3. The highest BCUT2D eigenvalue weighted by Gasteiger charge is 2.23. The van der Waals surface area contributed by atoms with Crippen molar-refractivity contribution in [3.05, 3.63) is 54.1 Å². The third kappa shape index (κ3) is 7.41. The van der Waals surface area contributed by atoms with Gasteiger partial charge in [0.2, 0.25) is 0 Å². The first-order valence-electron chi connectivity index (χ1n) is 9.72. The number of hydrogen-bond donors (Lipinski definition) is 1. The second-order valence-electron chi connectivity index (χ2n) is 8.71. The van der Waals surface area contributed by atoms with Crippen molar-refractivity contribution in [3.8, 4) is 5.75 Å². The standard InChI is InChI=1S/C22H31NO5S2/c1-17-7-13-20(14-8-17)30(25,26)27-16-15-22(5,6)28-19-11-9-18(10-12-19)23-29(24)21(2,3)4/h7-14,23H,15-16H2,1-6H3. The maximum atomic E-state index is 12.3. The number of benzene rings is 2. The van der Waals surface area contributed by atoms with Gasteiger partial charge in [0, 0.05) is 12.1 Å². The summed E-state index contributed by atoms with van der Waals surface area (Å²) in [4.78, 5) is 0.141. The van der Waals surface area contributed by atoms with Crippen LogP contribution in [0.5, 0.6) is 5.75 Å². The third-order valence-corrected chi connectivity index (χ3v) is 7.13. The van der Waals surface area contributed by atoms with Gasteiger partial charge in [0.1, 0.15) is 22.3 Å². The largest absolute Gasteiger partial charge is 0.488 e. The highest BCUT2D eigenvalue weighted by atomic mass is 32.2. The normalized spacial score (nSPS) is 13.7. The Labute approximate surface area is 182 Å². The highest BCUT2D eigenvalue weighted by molar-refractivity contribution is 7.87. The lowest BCUT2D eigenvalue weighted by molar-refractivity contribution is 0.0822. The number of anilines is 1. The lowest BCUT2D eigenvalue weighted by atomic mass is 10.1. The molecule has 0 fully saturated rings. The van der Waals surface area contributed by atoms with Gasteiger partial charge in [0.15, 0.2) is 0 Å². The number of nitrogens with one attached hydrogen (secondary N) is 1. The summed E-state index contributed by atoms with van der Waals surface area (Å²) in [5, 5.41) is 0. The summed E-state index contributed by atoms with van der Waals surface area (Å²) in [7, 11) is -5.00. The van der Waals surface area contributed by atoms with Crippen LogP contribution in [0.3, 0.4) is 0 Å². The van der Waals surface area contributed by atoms with E-state index in [-0.39, 0.29) is 16.2 Å². The predicted molar refractivity (Wildman–Crippen MR) is 122 cm³/mol. The minimum atomic E-state index is -3.79. The molecule has 6 nitrogen and oxygen atoms in total. The fourth-order valence-corrected chi connectivity index (χ4v) is 3.96. The van der Waals surface area contributed by atoms with Gasteiger partial charge >= 0.3 is 0 Å². The molecule has 0 heterocycles. The second-order valence-corrected chi connectivity index (χ2v) is 12.3. The molecule has 2 rings (SSSR count). The summed E-state index contributed by atoms with van der Waals surface area (Å²) < 4.78 is 50.5. The molecule has 0 saturated carbocycles. The molecule has 166 valence electrons. The number of rotatable bonds is 9. The van der Waals surface area contributed by atoms with Crippen LogP contribution >= 0.6 is 0 Å². The van der Waals surface area contributed by atoms with Crippen LogP contribution in [0.1, 0.15) is 46.6 Å². The maximum absolute atomic E-state index is 12.3. The van der Waals surface area contributed by atoms with Crippen molar-refractivity contribution >= 4 is 26.8 Å². The van der Waals surface area contributed by atoms with Crippen LogP contribution in [-0.4, -0.2) is 29.6 Å². The van der Waals surface area contributed by atoms with Crippen molar-refractivity contribution in [3.63, 3.8) is 0 Å². The number of ether oxygens (including phenoxy) is 1. The Hall–Kier alpha value is -1.90. The van der Waals surface area contributed by atoms with Crippen molar-refractivity contribution in [1.29, 1.82) is 0 Å². The van der Waals surface area contributed by atoms with E-state index in [0.717, 1.165) is 11.3 Å². The van der Waals surface area contributed by atoms with Gasteiger partial charge in [-0.1, -0.05) is 17.7 Å². The van der Waals surface area contributed by atoms with Gasteiger partial charge in [-0.2, -0.15) is 8.42 Å². The molecular formula is C22H31NO5S2. The molecule has 0 aliphatic rings. The Kier molecular flexibility index (Phi) is 7.71. The highest BCUT2D eigenvalue weighted by Crippen LogP contribution is 2.25. The van der Waals surface area contributed by atoms with Crippen molar-refractivity contribution < 1.29 is 21.5 Å². The van der Waals surface area contributed by atoms with E-state index in [2.05, 4.69) is 4.72 Å². The van der Waals surface area contributed by atoms with E-state index in [1.807, 2.05) is 41.5 Å². The smallest absolute Gasteiger partial charge is 0.296 e. The van der Waals surface area contributed by atoms with Crippen LogP contribution < -0.4 is 9.46 Å². The number of hydrogen-bond acceptors (Lipinski definition) is 5. The third-order valence-electron chi connectivity index (χ3n) is 4.27. The minimum absolute atomic E-state index is 0.00735. The van der Waals surface area contributed by atoms with E-state index in [0.29, 0.717) is 12.2 Å². The van der Waals surface area contributed by atoms with Crippen molar-refractivity contribution in [2.75, 3.05) is 11.3 Å². The fourth-order valence-electron chi connectivity index (χ4n) is 2.39. The average molecular weight is 454 g/mol. The van der Waals surface area contributed by atoms with Crippen molar-refractivity contribution in [2.45, 2.75) is 63.2 Å². The van der Waals surface area contributed by atoms with Crippen LogP contribution in [0.25, 0.3) is 0 Å². The summed E-state index contributed by atoms with van der Waals surface area (Å²) in [6.45, 7) is 11.3. The van der Waals surface area contributed by atoms with Gasteiger partial charge in [0.25, 0.3) is 10.1 Å². The molecule has 0 bridgehead atoms. The maximum Gasteiger partial charge on any atom is 0.296 e. The van der Waals surface area contributed by atoms with Crippen LogP contribution in [0, 0.1) is 6.92 Å². The lowest BCUT2D eigenvalue weighted by Gasteiger charge is -2.26. The van der Waals surface area contributed by atoms with E-state index in [4.69, 9.17) is 8.92 Å². The summed E-state index contributed by atoms with van der Waals surface area (Å²) in [6, 6.07) is 13.7. The SMILES string of the molecule is Cc1ccc(S(=O)(=O)OCCC(C)(C)Oc2ccc(NS(=O)C(C)(C)C)cc2)cc1. The Bertz CT molecular complexity index is 960. The van der Waals surface area contributed by atoms with Crippen molar-refractivity contribution in [2.24, 2.45) is 0 Å². The Morgan fingerprint density at radius 1 is 0.933 bits per heavy atom. The zero-order chi connectivity index (χ0) is 22.6. The van der Waals surface area contributed by atoms with E-state index in [1.165, 1.54) is 12.1 Å². The van der Waals surface area contributed by atoms with E-state index >= 15 is 0 Å². The quantitative estimate of drug-likeness (QED) is 0.551. The molecule has 0 amide bonds. The van der Waals surface area contributed by atoms with Gasteiger partial charge in [-0.25, -0.2) is 4.21 Å². The second kappa shape index (κ2) is 9.49.